The summed E-state index contributed by atoms with van der Waals surface area (Å²) < 4.78 is 5.86. The lowest BCUT2D eigenvalue weighted by atomic mass is 10.0. The standard InChI is InChI=1S/C16H13N5O2.C4H11NO2/c1-8(2)9-3-4-12-11(5-9)15(22)14-13(23-12)6-10(7-17-14)16-18-20-21-19-16;6-3-1-5-2-4-7/h3-8H,1-2H3,(H,18,19,20,21);5-7H,1-4H2. The molecule has 0 atom stereocenters. The van der Waals surface area contributed by atoms with Crippen molar-refractivity contribution in [2.75, 3.05) is 26.3 Å². The largest absolute Gasteiger partial charge is 0.454 e. The molecule has 1 aromatic carbocycles. The summed E-state index contributed by atoms with van der Waals surface area (Å²) in [6, 6.07) is 7.39. The van der Waals surface area contributed by atoms with Gasteiger partial charge in [0.1, 0.15) is 5.58 Å². The summed E-state index contributed by atoms with van der Waals surface area (Å²) in [5.74, 6) is 0.807. The topological polar surface area (TPSA) is 150 Å². The van der Waals surface area contributed by atoms with Crippen molar-refractivity contribution in [3.05, 3.63) is 46.2 Å². The van der Waals surface area contributed by atoms with E-state index in [-0.39, 0.29) is 18.6 Å². The van der Waals surface area contributed by atoms with Crippen molar-refractivity contribution in [3.8, 4) is 11.4 Å². The fraction of sp³-hybridized carbons (Fsp3) is 0.350. The van der Waals surface area contributed by atoms with Crippen LogP contribution in [0.3, 0.4) is 0 Å². The lowest BCUT2D eigenvalue weighted by Crippen LogP contribution is -2.21. The summed E-state index contributed by atoms with van der Waals surface area (Å²) in [4.78, 5) is 16.9. The lowest BCUT2D eigenvalue weighted by molar-refractivity contribution is 0.266. The molecule has 0 aliphatic rings. The van der Waals surface area contributed by atoms with E-state index < -0.39 is 0 Å². The summed E-state index contributed by atoms with van der Waals surface area (Å²) in [5, 5.41) is 33.2. The molecule has 0 aliphatic heterocycles. The number of nitrogens with one attached hydrogen (secondary N) is 2. The normalized spacial score (nSPS) is 11.1. The van der Waals surface area contributed by atoms with E-state index in [4.69, 9.17) is 14.6 Å². The summed E-state index contributed by atoms with van der Waals surface area (Å²) in [6.45, 7) is 5.58. The maximum atomic E-state index is 12.7. The van der Waals surface area contributed by atoms with Crippen LogP contribution in [0.4, 0.5) is 0 Å². The Hall–Kier alpha value is -3.21. The monoisotopic (exact) mass is 412 g/mol. The van der Waals surface area contributed by atoms with E-state index in [1.54, 1.807) is 12.3 Å². The fourth-order valence-corrected chi connectivity index (χ4v) is 2.81. The maximum Gasteiger partial charge on any atom is 0.218 e. The van der Waals surface area contributed by atoms with E-state index >= 15 is 0 Å². The highest BCUT2D eigenvalue weighted by Gasteiger charge is 2.13. The molecular weight excluding hydrogens is 388 g/mol. The molecule has 4 aromatic rings. The predicted molar refractivity (Wildman–Crippen MR) is 112 cm³/mol. The third-order valence-electron chi connectivity index (χ3n) is 4.40. The number of rotatable bonds is 6. The molecule has 0 saturated heterocycles. The molecular formula is C20H24N6O4. The Bertz CT molecular complexity index is 1150. The molecule has 0 spiro atoms. The van der Waals surface area contributed by atoms with Gasteiger partial charge < -0.3 is 19.9 Å². The molecule has 0 bridgehead atoms. The zero-order valence-electron chi connectivity index (χ0n) is 16.8. The van der Waals surface area contributed by atoms with Crippen molar-refractivity contribution in [1.82, 2.24) is 30.9 Å². The second-order valence-corrected chi connectivity index (χ2v) is 6.86. The van der Waals surface area contributed by atoms with Gasteiger partial charge >= 0.3 is 0 Å². The SMILES string of the molecule is CC(C)c1ccc2oc3cc(-c4nnn[nH]4)cnc3c(=O)c2c1.OCCNCCO. The van der Waals surface area contributed by atoms with Gasteiger partial charge in [0.05, 0.1) is 18.6 Å². The minimum Gasteiger partial charge on any atom is -0.454 e. The van der Waals surface area contributed by atoms with E-state index in [1.165, 1.54) is 0 Å². The first-order valence-electron chi connectivity index (χ1n) is 9.58. The van der Waals surface area contributed by atoms with E-state index in [2.05, 4.69) is 44.8 Å². The summed E-state index contributed by atoms with van der Waals surface area (Å²) in [7, 11) is 0. The molecule has 0 saturated carbocycles. The highest BCUT2D eigenvalue weighted by molar-refractivity contribution is 5.89. The Labute approximate surface area is 172 Å². The van der Waals surface area contributed by atoms with Crippen molar-refractivity contribution >= 4 is 22.1 Å². The van der Waals surface area contributed by atoms with E-state index in [0.29, 0.717) is 52.5 Å². The van der Waals surface area contributed by atoms with Crippen molar-refractivity contribution < 1.29 is 14.6 Å². The smallest absolute Gasteiger partial charge is 0.218 e. The van der Waals surface area contributed by atoms with Crippen LogP contribution in [0.5, 0.6) is 0 Å². The Balaban J connectivity index is 0.000000318. The van der Waals surface area contributed by atoms with Crippen LogP contribution in [0.15, 0.2) is 39.7 Å². The second kappa shape index (κ2) is 10.0. The van der Waals surface area contributed by atoms with Crippen molar-refractivity contribution in [3.63, 3.8) is 0 Å². The van der Waals surface area contributed by atoms with E-state index in [0.717, 1.165) is 5.56 Å². The van der Waals surface area contributed by atoms with Crippen LogP contribution in [-0.4, -0.2) is 62.1 Å². The van der Waals surface area contributed by atoms with Gasteiger partial charge in [0.2, 0.25) is 5.43 Å². The quantitative estimate of drug-likeness (QED) is 0.270. The minimum atomic E-state index is -0.133. The number of tetrazole rings is 1. The molecule has 0 amide bonds. The molecule has 4 N–H and O–H groups in total. The van der Waals surface area contributed by atoms with Gasteiger partial charge in [0.15, 0.2) is 16.9 Å². The number of pyridine rings is 1. The van der Waals surface area contributed by atoms with Gasteiger partial charge in [-0.3, -0.25) is 4.79 Å². The van der Waals surface area contributed by atoms with Gasteiger partial charge in [-0.1, -0.05) is 19.9 Å². The van der Waals surface area contributed by atoms with E-state index in [1.807, 2.05) is 18.2 Å². The van der Waals surface area contributed by atoms with Gasteiger partial charge in [-0.15, -0.1) is 5.10 Å². The molecule has 0 unspecified atom stereocenters. The first-order chi connectivity index (χ1) is 14.5. The summed E-state index contributed by atoms with van der Waals surface area (Å²) in [6.07, 6.45) is 1.56. The second-order valence-electron chi connectivity index (χ2n) is 6.86. The number of hydrogen-bond donors (Lipinski definition) is 4. The third-order valence-corrected chi connectivity index (χ3v) is 4.40. The molecule has 3 heterocycles. The first-order valence-corrected chi connectivity index (χ1v) is 9.58. The van der Waals surface area contributed by atoms with Crippen molar-refractivity contribution in [2.24, 2.45) is 0 Å². The molecule has 0 aliphatic carbocycles. The molecule has 158 valence electrons. The van der Waals surface area contributed by atoms with E-state index in [9.17, 15) is 4.79 Å². The number of aliphatic hydroxyl groups is 2. The Morgan fingerprint density at radius 2 is 1.90 bits per heavy atom. The number of aromatic amines is 1. The highest BCUT2D eigenvalue weighted by atomic mass is 16.3. The highest BCUT2D eigenvalue weighted by Crippen LogP contribution is 2.24. The van der Waals surface area contributed by atoms with Crippen LogP contribution >= 0.6 is 0 Å². The fourth-order valence-electron chi connectivity index (χ4n) is 2.81. The zero-order chi connectivity index (χ0) is 21.5. The predicted octanol–water partition coefficient (Wildman–Crippen LogP) is 1.21. The molecule has 30 heavy (non-hydrogen) atoms. The van der Waals surface area contributed by atoms with Gasteiger partial charge in [-0.05, 0) is 40.1 Å². The Morgan fingerprint density at radius 1 is 1.13 bits per heavy atom. The van der Waals surface area contributed by atoms with Crippen LogP contribution in [0, 0.1) is 0 Å². The summed E-state index contributed by atoms with van der Waals surface area (Å²) >= 11 is 0. The number of aromatic nitrogens is 5. The van der Waals surface area contributed by atoms with Crippen LogP contribution in [0.2, 0.25) is 0 Å². The average Bonchev–Trinajstić information content (AvgIpc) is 3.29. The first kappa shape index (κ1) is 21.5. The van der Waals surface area contributed by atoms with Crippen LogP contribution in [0.25, 0.3) is 33.5 Å². The van der Waals surface area contributed by atoms with Gasteiger partial charge in [-0.25, -0.2) is 10.1 Å². The number of benzene rings is 1. The molecule has 0 radical (unpaired) electrons. The Kier molecular flexibility index (Phi) is 7.17. The number of nitrogens with zero attached hydrogens (tertiary/aromatic N) is 4. The number of hydrogen-bond acceptors (Lipinski definition) is 9. The van der Waals surface area contributed by atoms with Gasteiger partial charge in [-0.2, -0.15) is 0 Å². The zero-order valence-corrected chi connectivity index (χ0v) is 16.8. The lowest BCUT2D eigenvalue weighted by Gasteiger charge is -2.07. The van der Waals surface area contributed by atoms with Crippen LogP contribution in [0.1, 0.15) is 25.3 Å². The van der Waals surface area contributed by atoms with Crippen molar-refractivity contribution in [1.29, 1.82) is 0 Å². The number of fused-ring (bicyclic) bond motifs is 2. The van der Waals surface area contributed by atoms with Crippen LogP contribution < -0.4 is 10.7 Å². The summed E-state index contributed by atoms with van der Waals surface area (Å²) in [5.41, 5.74) is 2.87. The minimum absolute atomic E-state index is 0.133. The molecule has 10 nitrogen and oxygen atoms in total. The van der Waals surface area contributed by atoms with Gasteiger partial charge in [0.25, 0.3) is 0 Å². The van der Waals surface area contributed by atoms with Crippen LogP contribution in [-0.2, 0) is 0 Å². The molecule has 0 fully saturated rings. The average molecular weight is 412 g/mol. The number of aliphatic hydroxyl groups excluding tert-OH is 2. The van der Waals surface area contributed by atoms with Crippen molar-refractivity contribution in [2.45, 2.75) is 19.8 Å². The number of H-pyrrole nitrogens is 1. The molecule has 4 rings (SSSR count). The third kappa shape index (κ3) is 4.85. The Morgan fingerprint density at radius 3 is 2.53 bits per heavy atom. The maximum absolute atomic E-state index is 12.7. The van der Waals surface area contributed by atoms with Gasteiger partial charge in [0, 0.05) is 24.8 Å². The molecule has 10 heteroatoms. The molecule has 3 aromatic heterocycles.